The summed E-state index contributed by atoms with van der Waals surface area (Å²) in [7, 11) is 2.03. The number of hydrogen-bond acceptors (Lipinski definition) is 1. The van der Waals surface area contributed by atoms with Crippen LogP contribution in [0.3, 0.4) is 0 Å². The van der Waals surface area contributed by atoms with Crippen LogP contribution in [0.1, 0.15) is 44.7 Å². The van der Waals surface area contributed by atoms with Gasteiger partial charge in [-0.25, -0.2) is 4.99 Å². The van der Waals surface area contributed by atoms with E-state index in [0.717, 1.165) is 0 Å². The molecular weight excluding hydrogens is 361 g/mol. The van der Waals surface area contributed by atoms with E-state index < -0.39 is 0 Å². The van der Waals surface area contributed by atoms with Crippen LogP contribution in [0.4, 0.5) is 0 Å². The Morgan fingerprint density at radius 3 is 2.25 bits per heavy atom. The molecular formula is C16H26IN3. The highest BCUT2D eigenvalue weighted by Gasteiger charge is 2.27. The van der Waals surface area contributed by atoms with Crippen LogP contribution in [0.5, 0.6) is 0 Å². The van der Waals surface area contributed by atoms with E-state index in [2.05, 4.69) is 54.9 Å². The number of aliphatic imine (C=N–C) groups is 1. The summed E-state index contributed by atoms with van der Waals surface area (Å²) < 4.78 is 0. The van der Waals surface area contributed by atoms with Crippen molar-refractivity contribution in [3.8, 4) is 0 Å². The molecule has 0 aromatic heterocycles. The van der Waals surface area contributed by atoms with Gasteiger partial charge < -0.3 is 10.6 Å². The van der Waals surface area contributed by atoms with Gasteiger partial charge in [-0.05, 0) is 29.4 Å². The third-order valence-corrected chi connectivity index (χ3v) is 3.70. The molecule has 2 N–H and O–H groups in total. The molecule has 0 bridgehead atoms. The standard InChI is InChI=1S/C16H25N3.HI/c1-16(2,3)13-7-5-12(6-8-13)11-18-15(17)19(4)14-9-10-14;/h5-8,14H,9-11H2,1-4H3,(H2,17,18);1H. The van der Waals surface area contributed by atoms with Gasteiger partial charge in [-0.1, -0.05) is 45.0 Å². The molecule has 2 rings (SSSR count). The molecule has 1 fully saturated rings. The van der Waals surface area contributed by atoms with Crippen molar-refractivity contribution in [1.29, 1.82) is 0 Å². The molecule has 1 aliphatic rings. The van der Waals surface area contributed by atoms with Crippen LogP contribution in [-0.2, 0) is 12.0 Å². The fourth-order valence-electron chi connectivity index (χ4n) is 2.04. The van der Waals surface area contributed by atoms with Crippen LogP contribution in [0.2, 0.25) is 0 Å². The number of benzene rings is 1. The molecule has 0 aliphatic heterocycles. The van der Waals surface area contributed by atoms with E-state index in [4.69, 9.17) is 5.73 Å². The van der Waals surface area contributed by atoms with Gasteiger partial charge in [0.25, 0.3) is 0 Å². The van der Waals surface area contributed by atoms with Crippen LogP contribution in [0.25, 0.3) is 0 Å². The summed E-state index contributed by atoms with van der Waals surface area (Å²) in [5.41, 5.74) is 8.74. The zero-order valence-electron chi connectivity index (χ0n) is 12.9. The monoisotopic (exact) mass is 387 g/mol. The highest BCUT2D eigenvalue weighted by Crippen LogP contribution is 2.25. The predicted molar refractivity (Wildman–Crippen MR) is 96.7 cm³/mol. The van der Waals surface area contributed by atoms with Crippen LogP contribution in [0.15, 0.2) is 29.3 Å². The second-order valence-electron chi connectivity index (χ2n) is 6.46. The van der Waals surface area contributed by atoms with Crippen molar-refractivity contribution in [2.24, 2.45) is 10.7 Å². The van der Waals surface area contributed by atoms with Gasteiger partial charge in [-0.3, -0.25) is 0 Å². The number of rotatable bonds is 3. The number of nitrogens with zero attached hydrogens (tertiary/aromatic N) is 2. The zero-order chi connectivity index (χ0) is 14.0. The minimum Gasteiger partial charge on any atom is -0.370 e. The Kier molecular flexibility index (Phi) is 5.86. The maximum atomic E-state index is 5.98. The Hall–Kier alpha value is -0.780. The SMILES string of the molecule is CN(C(N)=NCc1ccc(C(C)(C)C)cc1)C1CC1.I. The molecule has 1 aliphatic carbocycles. The van der Waals surface area contributed by atoms with E-state index in [9.17, 15) is 0 Å². The molecule has 1 aromatic carbocycles. The fourth-order valence-corrected chi connectivity index (χ4v) is 2.04. The first-order valence-corrected chi connectivity index (χ1v) is 7.00. The van der Waals surface area contributed by atoms with E-state index in [0.29, 0.717) is 18.5 Å². The topological polar surface area (TPSA) is 41.6 Å². The summed E-state index contributed by atoms with van der Waals surface area (Å²) in [5, 5.41) is 0. The van der Waals surface area contributed by atoms with Gasteiger partial charge in [-0.15, -0.1) is 24.0 Å². The van der Waals surface area contributed by atoms with Gasteiger partial charge in [0.1, 0.15) is 0 Å². The molecule has 0 spiro atoms. The van der Waals surface area contributed by atoms with E-state index in [-0.39, 0.29) is 29.4 Å². The normalized spacial score (nSPS) is 15.7. The van der Waals surface area contributed by atoms with Gasteiger partial charge in [-0.2, -0.15) is 0 Å². The average Bonchev–Trinajstić information content (AvgIpc) is 3.18. The maximum Gasteiger partial charge on any atom is 0.191 e. The highest BCUT2D eigenvalue weighted by atomic mass is 127. The van der Waals surface area contributed by atoms with Gasteiger partial charge in [0.05, 0.1) is 6.54 Å². The molecule has 3 nitrogen and oxygen atoms in total. The largest absolute Gasteiger partial charge is 0.370 e. The number of guanidine groups is 1. The van der Waals surface area contributed by atoms with Crippen molar-refractivity contribution >= 4 is 29.9 Å². The first-order valence-electron chi connectivity index (χ1n) is 7.00. The van der Waals surface area contributed by atoms with Crippen molar-refractivity contribution in [2.75, 3.05) is 7.05 Å². The predicted octanol–water partition coefficient (Wildman–Crippen LogP) is 3.51. The van der Waals surface area contributed by atoms with Crippen LogP contribution < -0.4 is 5.73 Å². The van der Waals surface area contributed by atoms with Crippen molar-refractivity contribution in [2.45, 2.75) is 51.6 Å². The number of halogens is 1. The van der Waals surface area contributed by atoms with Gasteiger partial charge in [0.15, 0.2) is 5.96 Å². The van der Waals surface area contributed by atoms with Crippen molar-refractivity contribution in [1.82, 2.24) is 4.90 Å². The second kappa shape index (κ2) is 6.78. The molecule has 0 atom stereocenters. The Labute approximate surface area is 139 Å². The van der Waals surface area contributed by atoms with Crippen LogP contribution in [0, 0.1) is 0 Å². The lowest BCUT2D eigenvalue weighted by atomic mass is 9.87. The zero-order valence-corrected chi connectivity index (χ0v) is 15.2. The summed E-state index contributed by atoms with van der Waals surface area (Å²) in [4.78, 5) is 6.55. The summed E-state index contributed by atoms with van der Waals surface area (Å²) >= 11 is 0. The lowest BCUT2D eigenvalue weighted by Crippen LogP contribution is -2.35. The summed E-state index contributed by atoms with van der Waals surface area (Å²) in [6, 6.07) is 9.28. The van der Waals surface area contributed by atoms with Gasteiger partial charge in [0, 0.05) is 13.1 Å². The van der Waals surface area contributed by atoms with E-state index >= 15 is 0 Å². The first-order chi connectivity index (χ1) is 8.88. The molecule has 4 heteroatoms. The van der Waals surface area contributed by atoms with E-state index in [1.165, 1.54) is 24.0 Å². The average molecular weight is 387 g/mol. The van der Waals surface area contributed by atoms with Crippen molar-refractivity contribution < 1.29 is 0 Å². The Bertz CT molecular complexity index is 456. The van der Waals surface area contributed by atoms with Crippen molar-refractivity contribution in [3.05, 3.63) is 35.4 Å². The third-order valence-electron chi connectivity index (χ3n) is 3.70. The Balaban J connectivity index is 0.00000200. The van der Waals surface area contributed by atoms with Gasteiger partial charge >= 0.3 is 0 Å². The first kappa shape index (κ1) is 17.3. The molecule has 1 saturated carbocycles. The fraction of sp³-hybridized carbons (Fsp3) is 0.562. The number of nitrogens with two attached hydrogens (primary N) is 1. The molecule has 0 unspecified atom stereocenters. The Morgan fingerprint density at radius 1 is 1.25 bits per heavy atom. The van der Waals surface area contributed by atoms with Crippen molar-refractivity contribution in [3.63, 3.8) is 0 Å². The summed E-state index contributed by atoms with van der Waals surface area (Å²) in [6.07, 6.45) is 2.49. The smallest absolute Gasteiger partial charge is 0.191 e. The van der Waals surface area contributed by atoms with Crippen LogP contribution in [-0.4, -0.2) is 23.9 Å². The van der Waals surface area contributed by atoms with E-state index in [1.807, 2.05) is 7.05 Å². The maximum absolute atomic E-state index is 5.98. The molecule has 112 valence electrons. The molecule has 0 saturated heterocycles. The van der Waals surface area contributed by atoms with Gasteiger partial charge in [0.2, 0.25) is 0 Å². The number of hydrogen-bond donors (Lipinski definition) is 1. The molecule has 0 heterocycles. The lowest BCUT2D eigenvalue weighted by Gasteiger charge is -2.19. The lowest BCUT2D eigenvalue weighted by molar-refractivity contribution is 0.487. The second-order valence-corrected chi connectivity index (χ2v) is 6.46. The minimum absolute atomic E-state index is 0. The molecule has 0 amide bonds. The Morgan fingerprint density at radius 2 is 1.80 bits per heavy atom. The summed E-state index contributed by atoms with van der Waals surface area (Å²) in [6.45, 7) is 7.33. The third kappa shape index (κ3) is 4.65. The van der Waals surface area contributed by atoms with Crippen LogP contribution >= 0.6 is 24.0 Å². The minimum atomic E-state index is 0. The molecule has 20 heavy (non-hydrogen) atoms. The molecule has 1 aromatic rings. The summed E-state index contributed by atoms with van der Waals surface area (Å²) in [5.74, 6) is 0.655. The molecule has 0 radical (unpaired) electrons. The highest BCUT2D eigenvalue weighted by molar-refractivity contribution is 14.0. The van der Waals surface area contributed by atoms with E-state index in [1.54, 1.807) is 0 Å². The quantitative estimate of drug-likeness (QED) is 0.490.